The van der Waals surface area contributed by atoms with Crippen molar-refractivity contribution in [3.8, 4) is 0 Å². The van der Waals surface area contributed by atoms with Crippen LogP contribution in [0.4, 0.5) is 19.0 Å². The highest BCUT2D eigenvalue weighted by atomic mass is 35.5. The first-order valence-corrected chi connectivity index (χ1v) is 6.82. The number of nitrogens with one attached hydrogen (secondary N) is 1. The van der Waals surface area contributed by atoms with Crippen molar-refractivity contribution in [1.82, 2.24) is 4.98 Å². The summed E-state index contributed by atoms with van der Waals surface area (Å²) in [6.45, 7) is 1.53. The largest absolute Gasteiger partial charge is 0.416 e. The van der Waals surface area contributed by atoms with E-state index in [4.69, 9.17) is 11.6 Å². The van der Waals surface area contributed by atoms with Crippen LogP contribution in [0.3, 0.4) is 0 Å². The maximum absolute atomic E-state index is 12.6. The molecule has 3 nitrogen and oxygen atoms in total. The van der Waals surface area contributed by atoms with Gasteiger partial charge in [0.15, 0.2) is 0 Å². The van der Waals surface area contributed by atoms with Crippen molar-refractivity contribution in [2.24, 2.45) is 0 Å². The summed E-state index contributed by atoms with van der Waals surface area (Å²) in [7, 11) is 0. The maximum atomic E-state index is 12.6. The van der Waals surface area contributed by atoms with Crippen molar-refractivity contribution in [3.63, 3.8) is 0 Å². The number of halogens is 4. The summed E-state index contributed by atoms with van der Waals surface area (Å²) in [5.74, 6) is 0.0390. The summed E-state index contributed by atoms with van der Waals surface area (Å²) >= 11 is 5.87. The summed E-state index contributed by atoms with van der Waals surface area (Å²) in [5.41, 5.74) is -1.55. The average Bonchev–Trinajstić information content (AvgIpc) is 2.45. The van der Waals surface area contributed by atoms with Crippen molar-refractivity contribution >= 4 is 17.4 Å². The Morgan fingerprint density at radius 1 is 1.18 bits per heavy atom. The Balaban J connectivity index is 2.12. The second-order valence-electron chi connectivity index (χ2n) is 5.07. The second-order valence-corrected chi connectivity index (χ2v) is 5.50. The molecule has 2 rings (SSSR count). The third kappa shape index (κ3) is 4.11. The number of rotatable bonds is 4. The Morgan fingerprint density at radius 3 is 2.55 bits per heavy atom. The molecule has 1 atom stereocenters. The molecule has 0 radical (unpaired) electrons. The number of benzene rings is 1. The van der Waals surface area contributed by atoms with Crippen molar-refractivity contribution in [3.05, 3.63) is 58.7 Å². The molecule has 2 aromatic rings. The molecule has 1 heterocycles. The number of pyridine rings is 1. The Bertz CT molecular complexity index is 659. The van der Waals surface area contributed by atoms with Gasteiger partial charge in [-0.15, -0.1) is 0 Å². The van der Waals surface area contributed by atoms with Crippen molar-refractivity contribution in [2.45, 2.75) is 18.7 Å². The van der Waals surface area contributed by atoms with Gasteiger partial charge < -0.3 is 10.4 Å². The Kier molecular flexibility index (Phi) is 4.63. The number of nitrogens with zero attached hydrogens (tertiary/aromatic N) is 1. The van der Waals surface area contributed by atoms with Gasteiger partial charge in [0.05, 0.1) is 5.56 Å². The normalized spacial score (nSPS) is 14.5. The van der Waals surface area contributed by atoms with E-state index < -0.39 is 17.3 Å². The molecular weight excluding hydrogens is 317 g/mol. The minimum absolute atomic E-state index is 0.0122. The maximum Gasteiger partial charge on any atom is 0.416 e. The monoisotopic (exact) mass is 330 g/mol. The predicted octanol–water partition coefficient (Wildman–Crippen LogP) is 4.07. The number of aliphatic hydroxyl groups is 1. The highest BCUT2D eigenvalue weighted by Gasteiger charge is 2.31. The summed E-state index contributed by atoms with van der Waals surface area (Å²) in [6, 6.07) is 8.43. The van der Waals surface area contributed by atoms with Gasteiger partial charge in [0.2, 0.25) is 0 Å². The van der Waals surface area contributed by atoms with Gasteiger partial charge in [-0.2, -0.15) is 13.2 Å². The summed E-state index contributed by atoms with van der Waals surface area (Å²) in [5, 5.41) is 13.6. The zero-order valence-electron chi connectivity index (χ0n) is 11.7. The highest BCUT2D eigenvalue weighted by Crippen LogP contribution is 2.30. The number of alkyl halides is 3. The van der Waals surface area contributed by atoms with Crippen LogP contribution in [0.2, 0.25) is 5.02 Å². The van der Waals surface area contributed by atoms with Crippen LogP contribution < -0.4 is 5.32 Å². The molecule has 118 valence electrons. The van der Waals surface area contributed by atoms with E-state index in [2.05, 4.69) is 10.3 Å². The fourth-order valence-corrected chi connectivity index (χ4v) is 2.08. The molecule has 0 saturated carbocycles. The van der Waals surface area contributed by atoms with Gasteiger partial charge in [-0.3, -0.25) is 0 Å². The van der Waals surface area contributed by atoms with Crippen molar-refractivity contribution in [1.29, 1.82) is 0 Å². The van der Waals surface area contributed by atoms with Crippen LogP contribution >= 0.6 is 11.6 Å². The molecule has 0 aliphatic heterocycles. The third-order valence-corrected chi connectivity index (χ3v) is 3.38. The summed E-state index contributed by atoms with van der Waals surface area (Å²) < 4.78 is 37.9. The molecule has 0 amide bonds. The average molecular weight is 331 g/mol. The lowest BCUT2D eigenvalue weighted by molar-refractivity contribution is -0.137. The quantitative estimate of drug-likeness (QED) is 0.888. The summed E-state index contributed by atoms with van der Waals surface area (Å²) in [4.78, 5) is 3.82. The molecule has 1 unspecified atom stereocenters. The molecule has 7 heteroatoms. The molecule has 0 aliphatic rings. The van der Waals surface area contributed by atoms with Gasteiger partial charge in [-0.1, -0.05) is 23.7 Å². The van der Waals surface area contributed by atoms with Crippen molar-refractivity contribution < 1.29 is 18.3 Å². The second kappa shape index (κ2) is 6.14. The number of aromatic nitrogens is 1. The van der Waals surface area contributed by atoms with Gasteiger partial charge in [0, 0.05) is 17.8 Å². The number of hydrogen-bond acceptors (Lipinski definition) is 3. The van der Waals surface area contributed by atoms with Crippen LogP contribution in [0.5, 0.6) is 0 Å². The number of anilines is 1. The molecule has 2 N–H and O–H groups in total. The van der Waals surface area contributed by atoms with E-state index in [1.54, 1.807) is 31.2 Å². The van der Waals surface area contributed by atoms with Gasteiger partial charge in [0.1, 0.15) is 11.4 Å². The smallest absolute Gasteiger partial charge is 0.384 e. The van der Waals surface area contributed by atoms with Crippen LogP contribution in [0.1, 0.15) is 18.1 Å². The van der Waals surface area contributed by atoms with E-state index in [1.807, 2.05) is 0 Å². The Labute approximate surface area is 130 Å². The van der Waals surface area contributed by atoms with Crippen LogP contribution in [0.25, 0.3) is 0 Å². The molecule has 0 aliphatic carbocycles. The summed E-state index contributed by atoms with van der Waals surface area (Å²) in [6.07, 6.45) is -3.37. The predicted molar refractivity (Wildman–Crippen MR) is 78.8 cm³/mol. The van der Waals surface area contributed by atoms with E-state index >= 15 is 0 Å². The lowest BCUT2D eigenvalue weighted by Crippen LogP contribution is -2.31. The fraction of sp³-hybridized carbons (Fsp3) is 0.267. The van der Waals surface area contributed by atoms with Crippen molar-refractivity contribution in [2.75, 3.05) is 11.9 Å². The van der Waals surface area contributed by atoms with Gasteiger partial charge >= 0.3 is 6.18 Å². The third-order valence-electron chi connectivity index (χ3n) is 3.15. The topological polar surface area (TPSA) is 45.1 Å². The Hall–Kier alpha value is -1.79. The van der Waals surface area contributed by atoms with Gasteiger partial charge in [-0.25, -0.2) is 4.98 Å². The molecule has 0 spiro atoms. The van der Waals surface area contributed by atoms with Gasteiger partial charge in [-0.05, 0) is 36.8 Å². The molecule has 0 bridgehead atoms. The first kappa shape index (κ1) is 16.6. The Morgan fingerprint density at radius 2 is 1.91 bits per heavy atom. The molecule has 0 saturated heterocycles. The highest BCUT2D eigenvalue weighted by molar-refractivity contribution is 6.30. The standard InChI is InChI=1S/C15H14ClF3N2O/c1-14(22,10-3-2-4-12(16)7-10)9-21-13-8-11(5-6-20-13)15(17,18)19/h2-8,22H,9H2,1H3,(H,20,21). The zero-order chi connectivity index (χ0) is 16.4. The van der Waals surface area contributed by atoms with E-state index in [-0.39, 0.29) is 12.4 Å². The molecule has 0 fully saturated rings. The zero-order valence-corrected chi connectivity index (χ0v) is 12.4. The molecule has 1 aromatic carbocycles. The fourth-order valence-electron chi connectivity index (χ4n) is 1.89. The minimum Gasteiger partial charge on any atom is -0.384 e. The van der Waals surface area contributed by atoms with E-state index in [9.17, 15) is 18.3 Å². The minimum atomic E-state index is -4.44. The van der Waals surface area contributed by atoms with Crippen LogP contribution in [-0.4, -0.2) is 16.6 Å². The lowest BCUT2D eigenvalue weighted by atomic mass is 9.96. The van der Waals surface area contributed by atoms with E-state index in [0.29, 0.717) is 10.6 Å². The lowest BCUT2D eigenvalue weighted by Gasteiger charge is -2.25. The first-order valence-electron chi connectivity index (χ1n) is 6.44. The van der Waals surface area contributed by atoms with Gasteiger partial charge in [0.25, 0.3) is 0 Å². The van der Waals surface area contributed by atoms with Crippen LogP contribution in [0.15, 0.2) is 42.6 Å². The van der Waals surface area contributed by atoms with Crippen LogP contribution in [-0.2, 0) is 11.8 Å². The molecular formula is C15H14ClF3N2O. The molecule has 22 heavy (non-hydrogen) atoms. The number of hydrogen-bond donors (Lipinski definition) is 2. The SMILES string of the molecule is CC(O)(CNc1cc(C(F)(F)F)ccn1)c1cccc(Cl)c1. The van der Waals surface area contributed by atoms with Crippen LogP contribution in [0, 0.1) is 0 Å². The molecule has 1 aromatic heterocycles. The van der Waals surface area contributed by atoms with E-state index in [1.165, 1.54) is 0 Å². The first-order chi connectivity index (χ1) is 10.2. The van der Waals surface area contributed by atoms with E-state index in [0.717, 1.165) is 18.3 Å².